The van der Waals surface area contributed by atoms with Crippen LogP contribution in [0.2, 0.25) is 0 Å². The van der Waals surface area contributed by atoms with Gasteiger partial charge in [-0.2, -0.15) is 0 Å². The van der Waals surface area contributed by atoms with Gasteiger partial charge in [0.2, 0.25) is 0 Å². The van der Waals surface area contributed by atoms with Crippen molar-refractivity contribution in [2.75, 3.05) is 25.1 Å². The Morgan fingerprint density at radius 3 is 2.67 bits per heavy atom. The van der Waals surface area contributed by atoms with E-state index in [4.69, 9.17) is 4.52 Å². The van der Waals surface area contributed by atoms with Crippen LogP contribution in [0.3, 0.4) is 0 Å². The molecule has 0 amide bonds. The fraction of sp³-hybridized carbons (Fsp3) is 0.692. The van der Waals surface area contributed by atoms with Crippen molar-refractivity contribution in [3.63, 3.8) is 0 Å². The number of nitrogens with one attached hydrogen (secondary N) is 2. The molecule has 0 spiro atoms. The van der Waals surface area contributed by atoms with E-state index < -0.39 is 9.84 Å². The molecule has 1 aromatic rings. The zero-order chi connectivity index (χ0) is 15.9. The first-order chi connectivity index (χ1) is 9.81. The average Bonchev–Trinajstić information content (AvgIpc) is 2.83. The van der Waals surface area contributed by atoms with Crippen LogP contribution in [0.1, 0.15) is 38.1 Å². The number of aromatic nitrogens is 1. The van der Waals surface area contributed by atoms with Crippen LogP contribution in [0, 0.1) is 0 Å². The minimum absolute atomic E-state index is 0.0667. The van der Waals surface area contributed by atoms with Crippen molar-refractivity contribution in [2.24, 2.45) is 4.99 Å². The number of guanidine groups is 1. The van der Waals surface area contributed by atoms with Crippen LogP contribution in [0.25, 0.3) is 0 Å². The Balaban J connectivity index is 2.57. The van der Waals surface area contributed by atoms with Gasteiger partial charge in [0.15, 0.2) is 11.7 Å². The van der Waals surface area contributed by atoms with E-state index in [1.807, 2.05) is 26.8 Å². The lowest BCUT2D eigenvalue weighted by Crippen LogP contribution is -2.39. The fourth-order valence-electron chi connectivity index (χ4n) is 1.53. The predicted molar refractivity (Wildman–Crippen MR) is 83.1 cm³/mol. The summed E-state index contributed by atoms with van der Waals surface area (Å²) in [4.78, 5) is 4.34. The van der Waals surface area contributed by atoms with Gasteiger partial charge in [0, 0.05) is 25.4 Å². The fourth-order valence-corrected chi connectivity index (χ4v) is 2.00. The summed E-state index contributed by atoms with van der Waals surface area (Å²) in [6, 6.07) is 1.88. The Morgan fingerprint density at radius 1 is 1.43 bits per heavy atom. The molecule has 0 saturated heterocycles. The van der Waals surface area contributed by atoms with Crippen molar-refractivity contribution in [1.82, 2.24) is 15.8 Å². The Bertz CT molecular complexity index is 564. The summed E-state index contributed by atoms with van der Waals surface area (Å²) in [5.41, 5.74) is 0.898. The van der Waals surface area contributed by atoms with E-state index in [1.165, 1.54) is 6.26 Å². The molecule has 1 heterocycles. The Kier molecular flexibility index (Phi) is 6.67. The van der Waals surface area contributed by atoms with Crippen molar-refractivity contribution in [2.45, 2.75) is 33.2 Å². The maximum Gasteiger partial charge on any atom is 0.191 e. The third kappa shape index (κ3) is 7.12. The Labute approximate surface area is 126 Å². The lowest BCUT2D eigenvalue weighted by atomic mass is 10.1. The van der Waals surface area contributed by atoms with Gasteiger partial charge in [0.25, 0.3) is 0 Å². The molecule has 0 atom stereocenters. The quantitative estimate of drug-likeness (QED) is 0.573. The molecule has 2 N–H and O–H groups in total. The highest BCUT2D eigenvalue weighted by atomic mass is 32.2. The molecule has 1 aromatic heterocycles. The van der Waals surface area contributed by atoms with Crippen LogP contribution in [-0.2, 0) is 16.4 Å². The van der Waals surface area contributed by atoms with Gasteiger partial charge in [-0.25, -0.2) is 13.4 Å². The number of nitrogens with zero attached hydrogens (tertiary/aromatic N) is 2. The number of hydrogen-bond donors (Lipinski definition) is 2. The molecule has 0 aromatic carbocycles. The molecule has 1 rings (SSSR count). The minimum atomic E-state index is -2.98. The monoisotopic (exact) mass is 316 g/mol. The SMILES string of the molecule is CCNC(=NCc1cc(C(C)C)no1)NCCS(C)(=O)=O. The van der Waals surface area contributed by atoms with Crippen LogP contribution in [-0.4, -0.2) is 44.6 Å². The molecule has 0 aliphatic rings. The Morgan fingerprint density at radius 2 is 2.14 bits per heavy atom. The topological polar surface area (TPSA) is 96.6 Å². The summed E-state index contributed by atoms with van der Waals surface area (Å²) in [7, 11) is -2.98. The lowest BCUT2D eigenvalue weighted by Gasteiger charge is -2.10. The normalized spacial score (nSPS) is 12.7. The van der Waals surface area contributed by atoms with Gasteiger partial charge in [-0.15, -0.1) is 0 Å². The van der Waals surface area contributed by atoms with Gasteiger partial charge in [-0.3, -0.25) is 0 Å². The van der Waals surface area contributed by atoms with Crippen LogP contribution in [0.15, 0.2) is 15.6 Å². The zero-order valence-corrected chi connectivity index (χ0v) is 13.8. The van der Waals surface area contributed by atoms with Gasteiger partial charge in [-0.1, -0.05) is 19.0 Å². The second-order valence-corrected chi connectivity index (χ2v) is 7.38. The first-order valence-electron chi connectivity index (χ1n) is 6.97. The van der Waals surface area contributed by atoms with Gasteiger partial charge >= 0.3 is 0 Å². The van der Waals surface area contributed by atoms with E-state index in [0.717, 1.165) is 5.69 Å². The highest BCUT2D eigenvalue weighted by molar-refractivity contribution is 7.90. The third-order valence-corrected chi connectivity index (χ3v) is 3.62. The molecule has 0 fully saturated rings. The molecule has 0 radical (unpaired) electrons. The third-order valence-electron chi connectivity index (χ3n) is 2.67. The van der Waals surface area contributed by atoms with Crippen molar-refractivity contribution in [3.05, 3.63) is 17.5 Å². The van der Waals surface area contributed by atoms with E-state index in [-0.39, 0.29) is 5.75 Å². The van der Waals surface area contributed by atoms with Crippen molar-refractivity contribution in [1.29, 1.82) is 0 Å². The molecule has 120 valence electrons. The second kappa shape index (κ2) is 8.02. The predicted octanol–water partition coefficient (Wildman–Crippen LogP) is 0.898. The summed E-state index contributed by atoms with van der Waals surface area (Å²) in [6.45, 7) is 7.40. The van der Waals surface area contributed by atoms with Crippen LogP contribution in [0.5, 0.6) is 0 Å². The van der Waals surface area contributed by atoms with E-state index in [2.05, 4.69) is 20.8 Å². The smallest absolute Gasteiger partial charge is 0.191 e. The summed E-state index contributed by atoms with van der Waals surface area (Å²) in [5, 5.41) is 10.00. The van der Waals surface area contributed by atoms with Crippen molar-refractivity contribution >= 4 is 15.8 Å². The second-order valence-electron chi connectivity index (χ2n) is 5.12. The summed E-state index contributed by atoms with van der Waals surface area (Å²) in [5.74, 6) is 1.62. The van der Waals surface area contributed by atoms with Crippen molar-refractivity contribution < 1.29 is 12.9 Å². The molecular weight excluding hydrogens is 292 g/mol. The number of sulfone groups is 1. The van der Waals surface area contributed by atoms with Crippen molar-refractivity contribution in [3.8, 4) is 0 Å². The highest BCUT2D eigenvalue weighted by Gasteiger charge is 2.08. The molecule has 7 nitrogen and oxygen atoms in total. The zero-order valence-electron chi connectivity index (χ0n) is 13.0. The molecule has 21 heavy (non-hydrogen) atoms. The number of hydrogen-bond acceptors (Lipinski definition) is 5. The van der Waals surface area contributed by atoms with Gasteiger partial charge in [0.1, 0.15) is 16.4 Å². The number of aliphatic imine (C=N–C) groups is 1. The largest absolute Gasteiger partial charge is 0.359 e. The summed E-state index contributed by atoms with van der Waals surface area (Å²) >= 11 is 0. The summed E-state index contributed by atoms with van der Waals surface area (Å²) in [6.07, 6.45) is 1.21. The number of rotatable bonds is 7. The summed E-state index contributed by atoms with van der Waals surface area (Å²) < 4.78 is 27.4. The van der Waals surface area contributed by atoms with E-state index >= 15 is 0 Å². The van der Waals surface area contributed by atoms with E-state index in [0.29, 0.717) is 37.3 Å². The first-order valence-corrected chi connectivity index (χ1v) is 9.03. The maximum absolute atomic E-state index is 11.1. The molecule has 0 aliphatic carbocycles. The van der Waals surface area contributed by atoms with Gasteiger partial charge in [0.05, 0.1) is 11.4 Å². The standard InChI is InChI=1S/C13H24N4O3S/c1-5-14-13(15-6-7-21(4,18)19)16-9-11-8-12(10(2)3)17-20-11/h8,10H,5-7,9H2,1-4H3,(H2,14,15,16). The van der Waals surface area contributed by atoms with Crippen LogP contribution < -0.4 is 10.6 Å². The molecule has 0 saturated carbocycles. The average molecular weight is 316 g/mol. The minimum Gasteiger partial charge on any atom is -0.359 e. The highest BCUT2D eigenvalue weighted by Crippen LogP contribution is 2.14. The lowest BCUT2D eigenvalue weighted by molar-refractivity contribution is 0.376. The van der Waals surface area contributed by atoms with E-state index in [9.17, 15) is 8.42 Å². The first kappa shape index (κ1) is 17.5. The maximum atomic E-state index is 11.1. The Hall–Kier alpha value is -1.57. The van der Waals surface area contributed by atoms with Gasteiger partial charge < -0.3 is 15.2 Å². The van der Waals surface area contributed by atoms with E-state index in [1.54, 1.807) is 0 Å². The molecular formula is C13H24N4O3S. The molecule has 0 aliphatic heterocycles. The van der Waals surface area contributed by atoms with Crippen LogP contribution in [0.4, 0.5) is 0 Å². The van der Waals surface area contributed by atoms with Gasteiger partial charge in [-0.05, 0) is 12.8 Å². The molecule has 8 heteroatoms. The molecule has 0 unspecified atom stereocenters. The van der Waals surface area contributed by atoms with Crippen LogP contribution >= 0.6 is 0 Å². The molecule has 0 bridgehead atoms.